The third-order valence-electron chi connectivity index (χ3n) is 2.85. The third kappa shape index (κ3) is 4.06. The number of thioether (sulfide) groups is 1. The standard InChI is InChI=1S/C15H13BrN2OS2/c1-21-11-5-2-9(3-6-11)15(19)18-13-8-10(16)4-7-12(13)14(17)20/h2-8H,1H3,(H2,17,20)(H,18,19). The van der Waals surface area contributed by atoms with Crippen molar-refractivity contribution in [1.29, 1.82) is 0 Å². The minimum absolute atomic E-state index is 0.196. The molecule has 0 aliphatic heterocycles. The molecular formula is C15H13BrN2OS2. The predicted octanol–water partition coefficient (Wildman–Crippen LogP) is 4.06. The number of rotatable bonds is 4. The first-order valence-corrected chi connectivity index (χ1v) is 8.48. The van der Waals surface area contributed by atoms with E-state index in [9.17, 15) is 4.79 Å². The quantitative estimate of drug-likeness (QED) is 0.620. The molecule has 0 radical (unpaired) electrons. The van der Waals surface area contributed by atoms with Crippen LogP contribution in [0.4, 0.5) is 5.69 Å². The number of benzene rings is 2. The first kappa shape index (κ1) is 16.0. The molecule has 0 aliphatic carbocycles. The van der Waals surface area contributed by atoms with Crippen molar-refractivity contribution in [3.8, 4) is 0 Å². The van der Waals surface area contributed by atoms with Crippen LogP contribution in [-0.2, 0) is 0 Å². The summed E-state index contributed by atoms with van der Waals surface area (Å²) in [6, 6.07) is 12.8. The molecule has 0 spiro atoms. The van der Waals surface area contributed by atoms with E-state index in [4.69, 9.17) is 18.0 Å². The maximum Gasteiger partial charge on any atom is 0.255 e. The molecule has 0 saturated carbocycles. The fourth-order valence-corrected chi connectivity index (χ4v) is 2.72. The highest BCUT2D eigenvalue weighted by atomic mass is 79.9. The van der Waals surface area contributed by atoms with Crippen LogP contribution in [0.15, 0.2) is 51.8 Å². The lowest BCUT2D eigenvalue weighted by atomic mass is 10.1. The maximum absolute atomic E-state index is 12.3. The molecule has 0 heterocycles. The Hall–Kier alpha value is -1.37. The van der Waals surface area contributed by atoms with E-state index < -0.39 is 0 Å². The monoisotopic (exact) mass is 380 g/mol. The molecular weight excluding hydrogens is 368 g/mol. The molecule has 3 N–H and O–H groups in total. The van der Waals surface area contributed by atoms with Gasteiger partial charge in [-0.3, -0.25) is 4.79 Å². The van der Waals surface area contributed by atoms with E-state index in [0.717, 1.165) is 9.37 Å². The summed E-state index contributed by atoms with van der Waals surface area (Å²) in [5.41, 5.74) is 7.50. The second-order valence-electron chi connectivity index (χ2n) is 4.24. The summed E-state index contributed by atoms with van der Waals surface area (Å²) in [5.74, 6) is -0.196. The van der Waals surface area contributed by atoms with Crippen molar-refractivity contribution in [2.24, 2.45) is 5.73 Å². The number of carbonyl (C=O) groups is 1. The average Bonchev–Trinajstić information content (AvgIpc) is 2.47. The van der Waals surface area contributed by atoms with Gasteiger partial charge < -0.3 is 11.1 Å². The van der Waals surface area contributed by atoms with Gasteiger partial charge in [0.25, 0.3) is 5.91 Å². The molecule has 0 unspecified atom stereocenters. The average molecular weight is 381 g/mol. The minimum Gasteiger partial charge on any atom is -0.389 e. The topological polar surface area (TPSA) is 55.1 Å². The number of thiocarbonyl (C=S) groups is 1. The van der Waals surface area contributed by atoms with Crippen LogP contribution < -0.4 is 11.1 Å². The fraction of sp³-hybridized carbons (Fsp3) is 0.0667. The lowest BCUT2D eigenvalue weighted by Crippen LogP contribution is -2.17. The van der Waals surface area contributed by atoms with E-state index in [0.29, 0.717) is 16.8 Å². The molecule has 0 fully saturated rings. The minimum atomic E-state index is -0.196. The Morgan fingerprint density at radius 3 is 2.48 bits per heavy atom. The third-order valence-corrected chi connectivity index (χ3v) is 4.30. The lowest BCUT2D eigenvalue weighted by Gasteiger charge is -2.11. The SMILES string of the molecule is CSc1ccc(C(=O)Nc2cc(Br)ccc2C(N)=S)cc1. The van der Waals surface area contributed by atoms with Crippen molar-refractivity contribution in [2.45, 2.75) is 4.90 Å². The summed E-state index contributed by atoms with van der Waals surface area (Å²) in [7, 11) is 0. The van der Waals surface area contributed by atoms with Gasteiger partial charge in [0.15, 0.2) is 0 Å². The highest BCUT2D eigenvalue weighted by Gasteiger charge is 2.11. The fourth-order valence-electron chi connectivity index (χ4n) is 1.77. The van der Waals surface area contributed by atoms with Gasteiger partial charge in [-0.25, -0.2) is 0 Å². The summed E-state index contributed by atoms with van der Waals surface area (Å²) in [5, 5.41) is 2.84. The second kappa shape index (κ2) is 7.06. The molecule has 2 aromatic carbocycles. The molecule has 108 valence electrons. The molecule has 21 heavy (non-hydrogen) atoms. The highest BCUT2D eigenvalue weighted by Crippen LogP contribution is 2.22. The Morgan fingerprint density at radius 1 is 1.24 bits per heavy atom. The summed E-state index contributed by atoms with van der Waals surface area (Å²) < 4.78 is 0.843. The van der Waals surface area contributed by atoms with Crippen LogP contribution in [0.2, 0.25) is 0 Å². The van der Waals surface area contributed by atoms with Crippen molar-refractivity contribution in [1.82, 2.24) is 0 Å². The molecule has 0 aromatic heterocycles. The number of nitrogens with one attached hydrogen (secondary N) is 1. The van der Waals surface area contributed by atoms with Crippen LogP contribution in [0, 0.1) is 0 Å². The zero-order valence-corrected chi connectivity index (χ0v) is 14.4. The molecule has 0 saturated heterocycles. The second-order valence-corrected chi connectivity index (χ2v) is 6.47. The van der Waals surface area contributed by atoms with Crippen molar-refractivity contribution in [2.75, 3.05) is 11.6 Å². The van der Waals surface area contributed by atoms with Gasteiger partial charge in [0.2, 0.25) is 0 Å². The number of halogens is 1. The Kier molecular flexibility index (Phi) is 5.39. The zero-order chi connectivity index (χ0) is 15.4. The smallest absolute Gasteiger partial charge is 0.255 e. The number of nitrogens with two attached hydrogens (primary N) is 1. The van der Waals surface area contributed by atoms with Gasteiger partial charge in [-0.05, 0) is 48.7 Å². The number of hydrogen-bond acceptors (Lipinski definition) is 3. The highest BCUT2D eigenvalue weighted by molar-refractivity contribution is 9.10. The molecule has 2 rings (SSSR count). The van der Waals surface area contributed by atoms with Gasteiger partial charge in [0.1, 0.15) is 4.99 Å². The van der Waals surface area contributed by atoms with Crippen molar-refractivity contribution in [3.63, 3.8) is 0 Å². The lowest BCUT2D eigenvalue weighted by molar-refractivity contribution is 0.102. The molecule has 0 aliphatic rings. The summed E-state index contributed by atoms with van der Waals surface area (Å²) >= 11 is 10.0. The first-order valence-electron chi connectivity index (χ1n) is 6.06. The van der Waals surface area contributed by atoms with E-state index in [1.165, 1.54) is 0 Å². The van der Waals surface area contributed by atoms with Crippen molar-refractivity contribution < 1.29 is 4.79 Å². The molecule has 2 aromatic rings. The Balaban J connectivity index is 2.26. The summed E-state index contributed by atoms with van der Waals surface area (Å²) in [6.45, 7) is 0. The van der Waals surface area contributed by atoms with Crippen LogP contribution in [0.1, 0.15) is 15.9 Å². The van der Waals surface area contributed by atoms with Gasteiger partial charge in [-0.15, -0.1) is 11.8 Å². The van der Waals surface area contributed by atoms with Gasteiger partial charge in [0.05, 0.1) is 5.69 Å². The summed E-state index contributed by atoms with van der Waals surface area (Å²) in [4.78, 5) is 13.6. The van der Waals surface area contributed by atoms with Gasteiger partial charge in [-0.1, -0.05) is 28.1 Å². The largest absolute Gasteiger partial charge is 0.389 e. The number of amides is 1. The van der Waals surface area contributed by atoms with Crippen LogP contribution in [0.3, 0.4) is 0 Å². The van der Waals surface area contributed by atoms with E-state index in [2.05, 4.69) is 21.2 Å². The Bertz CT molecular complexity index is 687. The number of anilines is 1. The van der Waals surface area contributed by atoms with E-state index >= 15 is 0 Å². The van der Waals surface area contributed by atoms with Crippen LogP contribution >= 0.6 is 39.9 Å². The molecule has 0 bridgehead atoms. The van der Waals surface area contributed by atoms with E-state index in [1.807, 2.05) is 24.5 Å². The van der Waals surface area contributed by atoms with E-state index in [-0.39, 0.29) is 10.9 Å². The van der Waals surface area contributed by atoms with Crippen LogP contribution in [0.25, 0.3) is 0 Å². The Labute approximate surface area is 141 Å². The molecule has 0 atom stereocenters. The Morgan fingerprint density at radius 2 is 1.90 bits per heavy atom. The van der Waals surface area contributed by atoms with Crippen molar-refractivity contribution in [3.05, 3.63) is 58.1 Å². The van der Waals surface area contributed by atoms with Crippen molar-refractivity contribution >= 4 is 56.5 Å². The summed E-state index contributed by atoms with van der Waals surface area (Å²) in [6.07, 6.45) is 1.99. The normalized spacial score (nSPS) is 10.2. The number of hydrogen-bond donors (Lipinski definition) is 2. The number of carbonyl (C=O) groups excluding carboxylic acids is 1. The van der Waals surface area contributed by atoms with E-state index in [1.54, 1.807) is 36.0 Å². The van der Waals surface area contributed by atoms with Crippen LogP contribution in [0.5, 0.6) is 0 Å². The van der Waals surface area contributed by atoms with Gasteiger partial charge in [0, 0.05) is 20.5 Å². The van der Waals surface area contributed by atoms with Gasteiger partial charge >= 0.3 is 0 Å². The van der Waals surface area contributed by atoms with Gasteiger partial charge in [-0.2, -0.15) is 0 Å². The van der Waals surface area contributed by atoms with Crippen LogP contribution in [-0.4, -0.2) is 17.2 Å². The first-order chi connectivity index (χ1) is 10.0. The molecule has 3 nitrogen and oxygen atoms in total. The maximum atomic E-state index is 12.3. The molecule has 1 amide bonds. The predicted molar refractivity (Wildman–Crippen MR) is 96.2 cm³/mol. The molecule has 6 heteroatoms. The zero-order valence-electron chi connectivity index (χ0n) is 11.2.